The summed E-state index contributed by atoms with van der Waals surface area (Å²) in [5.41, 5.74) is 1.55. The second kappa shape index (κ2) is 6.05. The van der Waals surface area contributed by atoms with Crippen molar-refractivity contribution in [2.45, 2.75) is 45.2 Å². The first-order valence-corrected chi connectivity index (χ1v) is 6.72. The minimum absolute atomic E-state index is 0.314. The molecule has 0 aliphatic heterocycles. The zero-order valence-electron chi connectivity index (χ0n) is 11.2. The van der Waals surface area contributed by atoms with E-state index in [0.29, 0.717) is 11.7 Å². The molecule has 0 saturated heterocycles. The van der Waals surface area contributed by atoms with Crippen LogP contribution < -0.4 is 5.32 Å². The van der Waals surface area contributed by atoms with Gasteiger partial charge in [0.15, 0.2) is 0 Å². The highest BCUT2D eigenvalue weighted by atomic mass is 16.5. The molecule has 100 valence electrons. The lowest BCUT2D eigenvalue weighted by Gasteiger charge is -2.15. The van der Waals surface area contributed by atoms with Crippen molar-refractivity contribution in [3.05, 3.63) is 23.5 Å². The summed E-state index contributed by atoms with van der Waals surface area (Å²) in [5.74, 6) is 0.628. The molecule has 4 heteroatoms. The lowest BCUT2D eigenvalue weighted by molar-refractivity contribution is 0.0594. The molecule has 0 spiro atoms. The second-order valence-electron chi connectivity index (χ2n) is 5.05. The first kappa shape index (κ1) is 13.1. The van der Waals surface area contributed by atoms with E-state index in [1.807, 2.05) is 6.07 Å². The average molecular weight is 250 g/mol. The van der Waals surface area contributed by atoms with Gasteiger partial charge in [-0.1, -0.05) is 19.8 Å². The SMILES string of the molecule is CCC(CC1CC1)NCc1ccc(C(=O)OC)[nH]1. The van der Waals surface area contributed by atoms with E-state index < -0.39 is 0 Å². The van der Waals surface area contributed by atoms with E-state index >= 15 is 0 Å². The second-order valence-corrected chi connectivity index (χ2v) is 5.05. The van der Waals surface area contributed by atoms with Crippen molar-refractivity contribution in [1.82, 2.24) is 10.3 Å². The number of methoxy groups -OCH3 is 1. The molecule has 1 aromatic rings. The number of nitrogens with one attached hydrogen (secondary N) is 2. The number of esters is 1. The summed E-state index contributed by atoms with van der Waals surface area (Å²) >= 11 is 0. The van der Waals surface area contributed by atoms with Crippen molar-refractivity contribution in [3.63, 3.8) is 0 Å². The van der Waals surface area contributed by atoms with Gasteiger partial charge in [-0.25, -0.2) is 4.79 Å². The number of hydrogen-bond donors (Lipinski definition) is 2. The summed E-state index contributed by atoms with van der Waals surface area (Å²) in [6.07, 6.45) is 5.22. The van der Waals surface area contributed by atoms with Crippen LogP contribution in [0.25, 0.3) is 0 Å². The molecule has 1 heterocycles. The maximum Gasteiger partial charge on any atom is 0.354 e. The number of H-pyrrole nitrogens is 1. The Hall–Kier alpha value is -1.29. The standard InChI is InChI=1S/C14H22N2O2/c1-3-11(8-10-4-5-10)15-9-12-6-7-13(16-12)14(17)18-2/h6-7,10-11,15-16H,3-5,8-9H2,1-2H3. The van der Waals surface area contributed by atoms with Gasteiger partial charge in [0.25, 0.3) is 0 Å². The molecule has 0 aromatic carbocycles. The summed E-state index contributed by atoms with van der Waals surface area (Å²) in [5, 5.41) is 3.54. The highest BCUT2D eigenvalue weighted by Gasteiger charge is 2.24. The molecule has 0 radical (unpaired) electrons. The van der Waals surface area contributed by atoms with Crippen molar-refractivity contribution in [1.29, 1.82) is 0 Å². The molecule has 1 aliphatic carbocycles. The smallest absolute Gasteiger partial charge is 0.354 e. The van der Waals surface area contributed by atoms with Crippen LogP contribution in [0.1, 0.15) is 48.8 Å². The molecule has 1 fully saturated rings. The number of aromatic nitrogens is 1. The van der Waals surface area contributed by atoms with Gasteiger partial charge >= 0.3 is 5.97 Å². The van der Waals surface area contributed by atoms with Crippen LogP contribution in [0.3, 0.4) is 0 Å². The Labute approximate surface area is 108 Å². The number of ether oxygens (including phenoxy) is 1. The van der Waals surface area contributed by atoms with E-state index in [4.69, 9.17) is 0 Å². The molecule has 0 amide bonds. The zero-order chi connectivity index (χ0) is 13.0. The van der Waals surface area contributed by atoms with Gasteiger partial charge in [0, 0.05) is 18.3 Å². The van der Waals surface area contributed by atoms with Gasteiger partial charge in [-0.3, -0.25) is 0 Å². The molecule has 1 unspecified atom stereocenters. The molecule has 1 atom stereocenters. The average Bonchev–Trinajstić information content (AvgIpc) is 3.09. The number of aromatic amines is 1. The molecular weight excluding hydrogens is 228 g/mol. The molecule has 18 heavy (non-hydrogen) atoms. The molecule has 4 nitrogen and oxygen atoms in total. The Bertz CT molecular complexity index is 396. The number of hydrogen-bond acceptors (Lipinski definition) is 3. The first-order chi connectivity index (χ1) is 8.72. The Morgan fingerprint density at radius 3 is 2.94 bits per heavy atom. The van der Waals surface area contributed by atoms with Crippen molar-refractivity contribution in [3.8, 4) is 0 Å². The molecule has 1 aliphatic rings. The van der Waals surface area contributed by atoms with Crippen molar-refractivity contribution >= 4 is 5.97 Å². The minimum atomic E-state index is -0.314. The zero-order valence-corrected chi connectivity index (χ0v) is 11.2. The topological polar surface area (TPSA) is 54.1 Å². The minimum Gasteiger partial charge on any atom is -0.464 e. The van der Waals surface area contributed by atoms with Crippen LogP contribution in [-0.2, 0) is 11.3 Å². The first-order valence-electron chi connectivity index (χ1n) is 6.72. The third kappa shape index (κ3) is 3.60. The Balaban J connectivity index is 1.80. The fourth-order valence-electron chi connectivity index (χ4n) is 2.18. The van der Waals surface area contributed by atoms with E-state index in [1.165, 1.54) is 26.4 Å². The molecular formula is C14H22N2O2. The summed E-state index contributed by atoms with van der Waals surface area (Å²) in [6, 6.07) is 4.29. The van der Waals surface area contributed by atoms with E-state index in [-0.39, 0.29) is 5.97 Å². The summed E-state index contributed by atoms with van der Waals surface area (Å²) < 4.78 is 4.67. The lowest BCUT2D eigenvalue weighted by Crippen LogP contribution is -2.28. The van der Waals surface area contributed by atoms with Crippen LogP contribution >= 0.6 is 0 Å². The summed E-state index contributed by atoms with van der Waals surface area (Å²) in [6.45, 7) is 3.00. The van der Waals surface area contributed by atoms with E-state index in [2.05, 4.69) is 22.0 Å². The van der Waals surface area contributed by atoms with E-state index in [0.717, 1.165) is 24.6 Å². The predicted octanol–water partition coefficient (Wildman–Crippen LogP) is 2.47. The molecule has 2 N–H and O–H groups in total. The molecule has 0 bridgehead atoms. The van der Waals surface area contributed by atoms with E-state index in [1.54, 1.807) is 6.07 Å². The van der Waals surface area contributed by atoms with Crippen LogP contribution in [0.2, 0.25) is 0 Å². The van der Waals surface area contributed by atoms with Gasteiger partial charge in [-0.15, -0.1) is 0 Å². The predicted molar refractivity (Wildman–Crippen MR) is 70.4 cm³/mol. The number of rotatable bonds is 7. The van der Waals surface area contributed by atoms with Crippen LogP contribution in [0.5, 0.6) is 0 Å². The Morgan fingerprint density at radius 2 is 2.33 bits per heavy atom. The maximum absolute atomic E-state index is 11.3. The van der Waals surface area contributed by atoms with Crippen LogP contribution in [0.4, 0.5) is 0 Å². The number of carbonyl (C=O) groups is 1. The largest absolute Gasteiger partial charge is 0.464 e. The van der Waals surface area contributed by atoms with Gasteiger partial charge < -0.3 is 15.0 Å². The fraction of sp³-hybridized carbons (Fsp3) is 0.643. The van der Waals surface area contributed by atoms with Crippen molar-refractivity contribution in [2.75, 3.05) is 7.11 Å². The third-order valence-electron chi connectivity index (χ3n) is 3.54. The normalized spacial score (nSPS) is 16.6. The Kier molecular flexibility index (Phi) is 4.42. The van der Waals surface area contributed by atoms with Crippen LogP contribution in [0, 0.1) is 5.92 Å². The van der Waals surface area contributed by atoms with Crippen LogP contribution in [-0.4, -0.2) is 24.1 Å². The quantitative estimate of drug-likeness (QED) is 0.731. The summed E-state index contributed by atoms with van der Waals surface area (Å²) in [7, 11) is 1.39. The monoisotopic (exact) mass is 250 g/mol. The lowest BCUT2D eigenvalue weighted by atomic mass is 10.1. The fourth-order valence-corrected chi connectivity index (χ4v) is 2.18. The van der Waals surface area contributed by atoms with Gasteiger partial charge in [0.05, 0.1) is 7.11 Å². The summed E-state index contributed by atoms with van der Waals surface area (Å²) in [4.78, 5) is 14.4. The van der Waals surface area contributed by atoms with Gasteiger partial charge in [-0.2, -0.15) is 0 Å². The Morgan fingerprint density at radius 1 is 1.56 bits per heavy atom. The van der Waals surface area contributed by atoms with Gasteiger partial charge in [0.2, 0.25) is 0 Å². The molecule has 1 saturated carbocycles. The highest BCUT2D eigenvalue weighted by molar-refractivity contribution is 5.87. The van der Waals surface area contributed by atoms with Crippen molar-refractivity contribution < 1.29 is 9.53 Å². The van der Waals surface area contributed by atoms with Gasteiger partial charge in [-0.05, 0) is 30.9 Å². The third-order valence-corrected chi connectivity index (χ3v) is 3.54. The highest BCUT2D eigenvalue weighted by Crippen LogP contribution is 2.34. The maximum atomic E-state index is 11.3. The van der Waals surface area contributed by atoms with Crippen molar-refractivity contribution in [2.24, 2.45) is 5.92 Å². The van der Waals surface area contributed by atoms with Crippen LogP contribution in [0.15, 0.2) is 12.1 Å². The van der Waals surface area contributed by atoms with E-state index in [9.17, 15) is 4.79 Å². The molecule has 2 rings (SSSR count). The van der Waals surface area contributed by atoms with Gasteiger partial charge in [0.1, 0.15) is 5.69 Å². The number of carbonyl (C=O) groups excluding carboxylic acids is 1. The molecule has 1 aromatic heterocycles.